The monoisotopic (exact) mass is 403 g/mol. The Morgan fingerprint density at radius 1 is 1.18 bits per heavy atom. The second-order valence-corrected chi connectivity index (χ2v) is 6.94. The molecule has 28 heavy (non-hydrogen) atoms. The van der Waals surface area contributed by atoms with E-state index in [-0.39, 0.29) is 30.3 Å². The highest BCUT2D eigenvalue weighted by Crippen LogP contribution is 2.19. The van der Waals surface area contributed by atoms with E-state index in [0.717, 1.165) is 24.0 Å². The van der Waals surface area contributed by atoms with Gasteiger partial charge in [-0.05, 0) is 43.0 Å². The third-order valence-electron chi connectivity index (χ3n) is 4.71. The second kappa shape index (κ2) is 9.68. The minimum absolute atomic E-state index is 0. The van der Waals surface area contributed by atoms with E-state index in [0.29, 0.717) is 18.8 Å². The molecule has 0 aliphatic carbocycles. The highest BCUT2D eigenvalue weighted by Gasteiger charge is 2.30. The molecule has 2 unspecified atom stereocenters. The lowest BCUT2D eigenvalue weighted by molar-refractivity contribution is -0.126. The molecule has 0 aromatic heterocycles. The van der Waals surface area contributed by atoms with Crippen molar-refractivity contribution >= 4 is 29.9 Å². The highest BCUT2D eigenvalue weighted by atomic mass is 35.5. The molecule has 0 spiro atoms. The highest BCUT2D eigenvalue weighted by molar-refractivity contribution is 5.94. The summed E-state index contributed by atoms with van der Waals surface area (Å²) in [5, 5.41) is 5.74. The first-order valence-corrected chi connectivity index (χ1v) is 9.11. The predicted molar refractivity (Wildman–Crippen MR) is 111 cm³/mol. The minimum atomic E-state index is -1.12. The molecule has 6 nitrogen and oxygen atoms in total. The maximum atomic E-state index is 12.6. The van der Waals surface area contributed by atoms with E-state index in [2.05, 4.69) is 10.6 Å². The number of amides is 2. The fraction of sp³-hybridized carbons (Fsp3) is 0.333. The van der Waals surface area contributed by atoms with Crippen LogP contribution >= 0.6 is 12.4 Å². The first kappa shape index (κ1) is 21.9. The molecule has 1 aliphatic heterocycles. The van der Waals surface area contributed by atoms with Gasteiger partial charge in [0, 0.05) is 18.8 Å². The van der Waals surface area contributed by atoms with Crippen LogP contribution in [-0.4, -0.2) is 24.5 Å². The summed E-state index contributed by atoms with van der Waals surface area (Å²) in [6.07, 6.45) is 1.27. The van der Waals surface area contributed by atoms with Crippen molar-refractivity contribution in [3.8, 4) is 0 Å². The van der Waals surface area contributed by atoms with Crippen LogP contribution in [0, 0.1) is 0 Å². The van der Waals surface area contributed by atoms with Crippen molar-refractivity contribution in [3.05, 3.63) is 65.7 Å². The van der Waals surface area contributed by atoms with Gasteiger partial charge in [0.1, 0.15) is 11.6 Å². The Morgan fingerprint density at radius 2 is 1.93 bits per heavy atom. The third kappa shape index (κ3) is 5.32. The van der Waals surface area contributed by atoms with E-state index in [1.54, 1.807) is 6.92 Å². The van der Waals surface area contributed by atoms with Crippen molar-refractivity contribution in [2.24, 2.45) is 5.73 Å². The van der Waals surface area contributed by atoms with Gasteiger partial charge in [0.25, 0.3) is 5.91 Å². The number of carbonyl (C=O) groups is 2. The summed E-state index contributed by atoms with van der Waals surface area (Å²) >= 11 is 0. The summed E-state index contributed by atoms with van der Waals surface area (Å²) < 4.78 is 5.39. The summed E-state index contributed by atoms with van der Waals surface area (Å²) in [6.45, 7) is 2.64. The van der Waals surface area contributed by atoms with Crippen LogP contribution in [0.15, 0.2) is 54.6 Å². The van der Waals surface area contributed by atoms with Gasteiger partial charge in [-0.3, -0.25) is 9.59 Å². The quantitative estimate of drug-likeness (QED) is 0.691. The zero-order valence-corrected chi connectivity index (χ0v) is 16.6. The number of ether oxygens (including phenoxy) is 1. The standard InChI is InChI=1S/C21H25N3O3.ClH/c1-21(22,16-8-3-2-4-9-16)20(26)23-14-15-7-5-10-17(13-15)24-19(25)18-11-6-12-27-18;/h2-5,7-10,13,18H,6,11-12,14,22H2,1H3,(H,23,26)(H,24,25);1H. The lowest BCUT2D eigenvalue weighted by Gasteiger charge is -2.24. The largest absolute Gasteiger partial charge is 0.368 e. The predicted octanol–water partition coefficient (Wildman–Crippen LogP) is 2.72. The molecule has 0 radical (unpaired) electrons. The molecule has 2 aromatic carbocycles. The third-order valence-corrected chi connectivity index (χ3v) is 4.71. The summed E-state index contributed by atoms with van der Waals surface area (Å²) in [4.78, 5) is 24.7. The smallest absolute Gasteiger partial charge is 0.253 e. The van der Waals surface area contributed by atoms with Gasteiger partial charge in [-0.25, -0.2) is 0 Å². The summed E-state index contributed by atoms with van der Waals surface area (Å²) in [6, 6.07) is 16.6. The van der Waals surface area contributed by atoms with Gasteiger partial charge in [-0.15, -0.1) is 12.4 Å². The Hall–Kier alpha value is -2.41. The van der Waals surface area contributed by atoms with E-state index < -0.39 is 5.54 Å². The van der Waals surface area contributed by atoms with Crippen LogP contribution in [-0.2, 0) is 26.4 Å². The molecule has 0 bridgehead atoms. The van der Waals surface area contributed by atoms with Crippen molar-refractivity contribution in [2.75, 3.05) is 11.9 Å². The lowest BCUT2D eigenvalue weighted by Crippen LogP contribution is -2.48. The molecule has 1 aliphatic rings. The maximum absolute atomic E-state index is 12.6. The zero-order valence-electron chi connectivity index (χ0n) is 15.8. The molecule has 1 heterocycles. The number of rotatable bonds is 6. The van der Waals surface area contributed by atoms with Crippen molar-refractivity contribution in [3.63, 3.8) is 0 Å². The number of carbonyl (C=O) groups excluding carboxylic acids is 2. The Bertz CT molecular complexity index is 806. The van der Waals surface area contributed by atoms with E-state index >= 15 is 0 Å². The molecular weight excluding hydrogens is 378 g/mol. The molecule has 2 atom stereocenters. The maximum Gasteiger partial charge on any atom is 0.253 e. The lowest BCUT2D eigenvalue weighted by atomic mass is 9.92. The van der Waals surface area contributed by atoms with Crippen LogP contribution in [0.5, 0.6) is 0 Å². The summed E-state index contributed by atoms with van der Waals surface area (Å²) in [5.41, 5.74) is 7.41. The number of halogens is 1. The molecule has 2 amide bonds. The van der Waals surface area contributed by atoms with Crippen molar-refractivity contribution < 1.29 is 14.3 Å². The van der Waals surface area contributed by atoms with E-state index in [4.69, 9.17) is 10.5 Å². The van der Waals surface area contributed by atoms with Crippen molar-refractivity contribution in [2.45, 2.75) is 38.0 Å². The molecule has 150 valence electrons. The molecular formula is C21H26ClN3O3. The Balaban J connectivity index is 0.00000280. The van der Waals surface area contributed by atoms with Gasteiger partial charge >= 0.3 is 0 Å². The SMILES string of the molecule is CC(N)(C(=O)NCc1cccc(NC(=O)C2CCCO2)c1)c1ccccc1.Cl. The van der Waals surface area contributed by atoms with E-state index in [1.807, 2.05) is 54.6 Å². The van der Waals surface area contributed by atoms with Gasteiger partial charge in [-0.1, -0.05) is 42.5 Å². The minimum Gasteiger partial charge on any atom is -0.368 e. The second-order valence-electron chi connectivity index (χ2n) is 6.94. The van der Waals surface area contributed by atoms with Gasteiger partial charge < -0.3 is 21.1 Å². The normalized spacial score (nSPS) is 17.9. The average Bonchev–Trinajstić information content (AvgIpc) is 3.22. The van der Waals surface area contributed by atoms with Crippen LogP contribution in [0.2, 0.25) is 0 Å². The fourth-order valence-electron chi connectivity index (χ4n) is 3.05. The number of benzene rings is 2. The Labute approximate surface area is 171 Å². The number of hydrogen-bond donors (Lipinski definition) is 3. The van der Waals surface area contributed by atoms with Crippen LogP contribution in [0.3, 0.4) is 0 Å². The zero-order chi connectivity index (χ0) is 19.3. The fourth-order valence-corrected chi connectivity index (χ4v) is 3.05. The Morgan fingerprint density at radius 3 is 2.61 bits per heavy atom. The molecule has 1 saturated heterocycles. The number of hydrogen-bond acceptors (Lipinski definition) is 4. The van der Waals surface area contributed by atoms with Gasteiger partial charge in [0.15, 0.2) is 0 Å². The molecule has 3 rings (SSSR count). The van der Waals surface area contributed by atoms with Gasteiger partial charge in [0.05, 0.1) is 0 Å². The molecule has 1 fully saturated rings. The van der Waals surface area contributed by atoms with E-state index in [1.165, 1.54) is 0 Å². The molecule has 7 heteroatoms. The van der Waals surface area contributed by atoms with Crippen LogP contribution in [0.4, 0.5) is 5.69 Å². The van der Waals surface area contributed by atoms with Gasteiger partial charge in [0.2, 0.25) is 5.91 Å². The van der Waals surface area contributed by atoms with Gasteiger partial charge in [-0.2, -0.15) is 0 Å². The van der Waals surface area contributed by atoms with Crippen LogP contribution < -0.4 is 16.4 Å². The Kier molecular flexibility index (Phi) is 7.57. The number of nitrogens with two attached hydrogens (primary N) is 1. The molecule has 4 N–H and O–H groups in total. The van der Waals surface area contributed by atoms with Crippen LogP contribution in [0.1, 0.15) is 30.9 Å². The van der Waals surface area contributed by atoms with Crippen molar-refractivity contribution in [1.29, 1.82) is 0 Å². The summed E-state index contributed by atoms with van der Waals surface area (Å²) in [7, 11) is 0. The van der Waals surface area contributed by atoms with E-state index in [9.17, 15) is 9.59 Å². The average molecular weight is 404 g/mol. The van der Waals surface area contributed by atoms with Crippen LogP contribution in [0.25, 0.3) is 0 Å². The first-order valence-electron chi connectivity index (χ1n) is 9.11. The topological polar surface area (TPSA) is 93.5 Å². The van der Waals surface area contributed by atoms with Crippen molar-refractivity contribution in [1.82, 2.24) is 5.32 Å². The molecule has 0 saturated carbocycles. The summed E-state index contributed by atoms with van der Waals surface area (Å²) in [5.74, 6) is -0.394. The first-order chi connectivity index (χ1) is 13.0. The number of anilines is 1. The number of nitrogens with one attached hydrogen (secondary N) is 2. The molecule has 2 aromatic rings.